The van der Waals surface area contributed by atoms with E-state index >= 15 is 13.2 Å². The number of carbonyl (C=O) groups excluding carboxylic acids is 1. The van der Waals surface area contributed by atoms with Crippen LogP contribution in [0.5, 0.6) is 0 Å². The highest BCUT2D eigenvalue weighted by Gasteiger charge is 2.43. The first-order valence-corrected chi connectivity index (χ1v) is 17.1. The highest BCUT2D eigenvalue weighted by atomic mass is 33.1. The van der Waals surface area contributed by atoms with Gasteiger partial charge in [-0.3, -0.25) is 15.0 Å². The molecule has 2 aromatic carbocycles. The average Bonchev–Trinajstić information content (AvgIpc) is 3.34. The number of carboxylic acids is 1. The van der Waals surface area contributed by atoms with Gasteiger partial charge in [0.15, 0.2) is 0 Å². The summed E-state index contributed by atoms with van der Waals surface area (Å²) in [6.07, 6.45) is 2.56. The van der Waals surface area contributed by atoms with Gasteiger partial charge in [-0.2, -0.15) is 0 Å². The molecule has 0 unspecified atom stereocenters. The normalized spacial score (nSPS) is 16.7. The summed E-state index contributed by atoms with van der Waals surface area (Å²) in [7, 11) is 2.56. The van der Waals surface area contributed by atoms with Crippen LogP contribution < -0.4 is 0 Å². The number of nitro groups is 1. The third kappa shape index (κ3) is 7.69. The van der Waals surface area contributed by atoms with Gasteiger partial charge in [0, 0.05) is 41.4 Å². The molecule has 1 N–H and O–H groups in total. The Balaban J connectivity index is 1.51. The number of hydrogen-bond donors (Lipinski definition) is 1. The van der Waals surface area contributed by atoms with Crippen molar-refractivity contribution in [3.05, 3.63) is 105 Å². The molecule has 0 bridgehead atoms. The third-order valence-corrected chi connectivity index (χ3v) is 9.91. The number of hydrogen-bond acceptors (Lipinski definition) is 9. The number of alkyl halides is 1. The van der Waals surface area contributed by atoms with Crippen LogP contribution in [0, 0.1) is 21.7 Å². The number of para-hydroxylation sites is 1. The molecular weight excluding hydrogens is 670 g/mol. The van der Waals surface area contributed by atoms with E-state index in [-0.39, 0.29) is 36.1 Å². The molecule has 2 aromatic heterocycles. The third-order valence-electron chi connectivity index (χ3n) is 7.68. The quantitative estimate of drug-likeness (QED) is 0.0544. The van der Waals surface area contributed by atoms with Crippen LogP contribution in [0.3, 0.4) is 0 Å². The summed E-state index contributed by atoms with van der Waals surface area (Å²) in [6, 6.07) is 10.3. The maximum absolute atomic E-state index is 16.0. The molecule has 3 heterocycles. The van der Waals surface area contributed by atoms with Gasteiger partial charge in [0.05, 0.1) is 22.2 Å². The fourth-order valence-corrected chi connectivity index (χ4v) is 7.51. The van der Waals surface area contributed by atoms with Crippen molar-refractivity contribution in [1.29, 1.82) is 0 Å². The fourth-order valence-electron chi connectivity index (χ4n) is 5.82. The number of rotatable bonds is 11. The first kappa shape index (κ1) is 35.0. The number of aromatic nitrogens is 2. The number of carboxylic acid groups (broad SMARTS) is 1. The number of nitrogens with zero attached hydrogens (tertiary/aromatic N) is 4. The van der Waals surface area contributed by atoms with Gasteiger partial charge in [-0.1, -0.05) is 29.0 Å². The van der Waals surface area contributed by atoms with Crippen molar-refractivity contribution in [1.82, 2.24) is 14.5 Å². The van der Waals surface area contributed by atoms with Gasteiger partial charge in [-0.25, -0.2) is 32.3 Å². The summed E-state index contributed by atoms with van der Waals surface area (Å²) in [4.78, 5) is 40.9. The molecular formula is C33H31F3N4O6S2. The van der Waals surface area contributed by atoms with Crippen LogP contribution in [0.1, 0.15) is 49.2 Å². The second-order valence-electron chi connectivity index (χ2n) is 11.8. The Morgan fingerprint density at radius 1 is 1.19 bits per heavy atom. The molecule has 0 radical (unpaired) electrons. The Kier molecular flexibility index (Phi) is 10.5. The molecule has 15 heteroatoms. The van der Waals surface area contributed by atoms with Crippen LogP contribution in [0.25, 0.3) is 17.0 Å². The van der Waals surface area contributed by atoms with Crippen molar-refractivity contribution in [3.63, 3.8) is 0 Å². The minimum absolute atomic E-state index is 0.0168. The lowest BCUT2D eigenvalue weighted by molar-refractivity contribution is -0.385. The summed E-state index contributed by atoms with van der Waals surface area (Å²) >= 11 is 0. The smallest absolute Gasteiger partial charge is 0.418 e. The molecule has 252 valence electrons. The van der Waals surface area contributed by atoms with Crippen molar-refractivity contribution in [2.75, 3.05) is 18.9 Å². The lowest BCUT2D eigenvalue weighted by Crippen LogP contribution is -2.49. The Morgan fingerprint density at radius 3 is 2.52 bits per heavy atom. The number of aliphatic carboxylic acids is 1. The monoisotopic (exact) mass is 700 g/mol. The first-order valence-electron chi connectivity index (χ1n) is 14.8. The van der Waals surface area contributed by atoms with E-state index in [4.69, 9.17) is 9.84 Å². The number of carbonyl (C=O) groups is 2. The molecule has 0 aliphatic carbocycles. The van der Waals surface area contributed by atoms with Crippen molar-refractivity contribution < 1.29 is 37.5 Å². The van der Waals surface area contributed by atoms with E-state index in [0.717, 1.165) is 30.5 Å². The van der Waals surface area contributed by atoms with Gasteiger partial charge >= 0.3 is 12.1 Å². The molecule has 1 aliphatic heterocycles. The molecule has 0 spiro atoms. The summed E-state index contributed by atoms with van der Waals surface area (Å²) in [6.45, 7) is 4.31. The van der Waals surface area contributed by atoms with Crippen LogP contribution in [-0.4, -0.2) is 67.2 Å². The summed E-state index contributed by atoms with van der Waals surface area (Å²) in [5, 5.41) is 21.1. The maximum atomic E-state index is 16.0. The molecule has 2 atom stereocenters. The Hall–Kier alpha value is -4.34. The standard InChI is InChI=1S/C33H31F3N4O6S2/c1-19-14-23-22-6-4-5-7-26(22)39(32(43)46-12-13-47-48-27-10-9-21(17-37-27)40(44)45)30(23)31(38(19)18-33(2,3)36)29-24(34)15-20(16-25(29)35)8-11-28(41)42/h4-11,15-17,19,31H,12-14,18H2,1-3H3,(H,41,42)/b11-8+/t19-,31-/m1/s1. The topological polar surface area (TPSA) is 128 Å². The van der Waals surface area contributed by atoms with Crippen LogP contribution in [0.15, 0.2) is 65.8 Å². The Labute approximate surface area is 281 Å². The van der Waals surface area contributed by atoms with Gasteiger partial charge in [0.2, 0.25) is 0 Å². The number of pyridine rings is 1. The number of fused-ring (bicyclic) bond motifs is 3. The summed E-state index contributed by atoms with van der Waals surface area (Å²) in [5.74, 6) is -2.92. The molecule has 4 aromatic rings. The van der Waals surface area contributed by atoms with Gasteiger partial charge in [-0.05, 0) is 79.5 Å². The molecule has 0 fully saturated rings. The van der Waals surface area contributed by atoms with E-state index in [1.807, 2.05) is 13.0 Å². The maximum Gasteiger partial charge on any atom is 0.418 e. The average molecular weight is 701 g/mol. The van der Waals surface area contributed by atoms with Crippen LogP contribution >= 0.6 is 21.6 Å². The van der Waals surface area contributed by atoms with E-state index in [1.54, 1.807) is 23.1 Å². The minimum atomic E-state index is -1.77. The molecule has 10 nitrogen and oxygen atoms in total. The van der Waals surface area contributed by atoms with E-state index in [1.165, 1.54) is 52.1 Å². The van der Waals surface area contributed by atoms with Crippen LogP contribution in [0.2, 0.25) is 0 Å². The highest BCUT2D eigenvalue weighted by molar-refractivity contribution is 8.76. The Bertz CT molecular complexity index is 1870. The second kappa shape index (κ2) is 14.4. The zero-order chi connectivity index (χ0) is 34.7. The zero-order valence-electron chi connectivity index (χ0n) is 26.1. The molecule has 5 rings (SSSR count). The predicted octanol–water partition coefficient (Wildman–Crippen LogP) is 7.83. The molecule has 48 heavy (non-hydrogen) atoms. The first-order chi connectivity index (χ1) is 22.7. The number of halogens is 3. The van der Waals surface area contributed by atoms with E-state index in [2.05, 4.69) is 4.98 Å². The van der Waals surface area contributed by atoms with Crippen molar-refractivity contribution in [2.45, 2.75) is 50.0 Å². The van der Waals surface area contributed by atoms with Crippen LogP contribution in [0.4, 0.5) is 23.7 Å². The summed E-state index contributed by atoms with van der Waals surface area (Å²) < 4.78 is 54.3. The van der Waals surface area contributed by atoms with Crippen molar-refractivity contribution >= 4 is 56.3 Å². The fraction of sp³-hybridized carbons (Fsp3) is 0.303. The van der Waals surface area contributed by atoms with Crippen molar-refractivity contribution in [3.8, 4) is 0 Å². The molecule has 0 saturated carbocycles. The molecule has 1 aliphatic rings. The van der Waals surface area contributed by atoms with Crippen LogP contribution in [-0.2, 0) is 16.0 Å². The second-order valence-corrected chi connectivity index (χ2v) is 14.2. The van der Waals surface area contributed by atoms with Gasteiger partial charge in [0.25, 0.3) is 5.69 Å². The predicted molar refractivity (Wildman–Crippen MR) is 178 cm³/mol. The minimum Gasteiger partial charge on any atom is -0.478 e. The number of benzene rings is 2. The van der Waals surface area contributed by atoms with Gasteiger partial charge < -0.3 is 9.84 Å². The molecule has 0 saturated heterocycles. The lowest BCUT2D eigenvalue weighted by Gasteiger charge is -2.43. The van der Waals surface area contributed by atoms with Gasteiger partial charge in [0.1, 0.15) is 35.1 Å². The van der Waals surface area contributed by atoms with Gasteiger partial charge in [-0.15, -0.1) is 0 Å². The largest absolute Gasteiger partial charge is 0.478 e. The zero-order valence-corrected chi connectivity index (χ0v) is 27.7. The Morgan fingerprint density at radius 2 is 1.90 bits per heavy atom. The lowest BCUT2D eigenvalue weighted by atomic mass is 9.86. The van der Waals surface area contributed by atoms with E-state index in [9.17, 15) is 19.7 Å². The summed E-state index contributed by atoms with van der Waals surface area (Å²) in [5.41, 5.74) is -0.928. The van der Waals surface area contributed by atoms with Crippen molar-refractivity contribution in [2.24, 2.45) is 0 Å². The SMILES string of the molecule is C[C@@H]1Cc2c(n(C(=O)OCCSSc3ccc([N+](=O)[O-])cn3)c3ccccc23)[C@@H](c2c(F)cc(/C=C/C(=O)O)cc2F)N1CC(C)(C)F. The highest BCUT2D eigenvalue weighted by Crippen LogP contribution is 2.45. The molecule has 0 amide bonds. The number of ether oxygens (including phenoxy) is 1. The van der Waals surface area contributed by atoms with E-state index < -0.39 is 45.9 Å². The van der Waals surface area contributed by atoms with E-state index in [0.29, 0.717) is 33.7 Å².